The molecule has 0 atom stereocenters. The predicted molar refractivity (Wildman–Crippen MR) is 91.4 cm³/mol. The average Bonchev–Trinajstić information content (AvgIpc) is 3.23. The number of rotatable bonds is 5. The minimum absolute atomic E-state index is 0.175. The number of carbonyl (C=O) groups excluding carboxylic acids is 1. The Labute approximate surface area is 142 Å². The van der Waals surface area contributed by atoms with Crippen molar-refractivity contribution in [1.29, 1.82) is 0 Å². The molecule has 1 amide bonds. The van der Waals surface area contributed by atoms with Gasteiger partial charge in [-0.15, -0.1) is 11.3 Å². The Hall–Kier alpha value is -2.64. The Morgan fingerprint density at radius 3 is 2.92 bits per heavy atom. The molecule has 0 bridgehead atoms. The standard InChI is InChI=1S/C17H16N2O4S/c1-10-18-14(9-24-10)16-6-12(8-23-16)17(21)19-13-3-4-15(22-2)11(5-13)7-20/h3-6,8-9,20H,7H2,1-2H3,(H,19,21). The summed E-state index contributed by atoms with van der Waals surface area (Å²) in [7, 11) is 1.53. The number of amides is 1. The van der Waals surface area contributed by atoms with Gasteiger partial charge in [-0.2, -0.15) is 0 Å². The maximum Gasteiger partial charge on any atom is 0.258 e. The number of benzene rings is 1. The fraction of sp³-hybridized carbons (Fsp3) is 0.176. The van der Waals surface area contributed by atoms with Gasteiger partial charge in [-0.3, -0.25) is 4.79 Å². The number of nitrogens with zero attached hydrogens (tertiary/aromatic N) is 1. The smallest absolute Gasteiger partial charge is 0.258 e. The van der Waals surface area contributed by atoms with Crippen molar-refractivity contribution < 1.29 is 19.1 Å². The first-order chi connectivity index (χ1) is 11.6. The number of anilines is 1. The van der Waals surface area contributed by atoms with E-state index in [0.717, 1.165) is 5.01 Å². The van der Waals surface area contributed by atoms with E-state index in [2.05, 4.69) is 10.3 Å². The number of aliphatic hydroxyl groups excluding tert-OH is 1. The maximum absolute atomic E-state index is 12.3. The Balaban J connectivity index is 1.77. The highest BCUT2D eigenvalue weighted by Gasteiger charge is 2.14. The molecular formula is C17H16N2O4S. The normalized spacial score (nSPS) is 10.6. The number of nitrogens with one attached hydrogen (secondary N) is 1. The van der Waals surface area contributed by atoms with Gasteiger partial charge in [-0.1, -0.05) is 0 Å². The lowest BCUT2D eigenvalue weighted by Crippen LogP contribution is -2.11. The number of thiazole rings is 1. The lowest BCUT2D eigenvalue weighted by atomic mass is 10.1. The topological polar surface area (TPSA) is 84.6 Å². The number of furan rings is 1. The number of carbonyl (C=O) groups is 1. The van der Waals surface area contributed by atoms with E-state index in [1.54, 1.807) is 24.3 Å². The zero-order valence-electron chi connectivity index (χ0n) is 13.2. The first kappa shape index (κ1) is 16.2. The molecule has 0 aliphatic heterocycles. The van der Waals surface area contributed by atoms with Crippen molar-refractivity contribution in [2.24, 2.45) is 0 Å². The van der Waals surface area contributed by atoms with Gasteiger partial charge in [-0.25, -0.2) is 4.98 Å². The molecule has 0 saturated carbocycles. The lowest BCUT2D eigenvalue weighted by Gasteiger charge is -2.09. The van der Waals surface area contributed by atoms with Crippen LogP contribution in [0, 0.1) is 6.92 Å². The van der Waals surface area contributed by atoms with Crippen LogP contribution in [0.15, 0.2) is 40.3 Å². The highest BCUT2D eigenvalue weighted by molar-refractivity contribution is 7.09. The van der Waals surface area contributed by atoms with E-state index in [1.807, 2.05) is 12.3 Å². The first-order valence-corrected chi connectivity index (χ1v) is 8.09. The molecule has 124 valence electrons. The van der Waals surface area contributed by atoms with Crippen LogP contribution in [0.25, 0.3) is 11.5 Å². The molecule has 24 heavy (non-hydrogen) atoms. The van der Waals surface area contributed by atoms with E-state index in [9.17, 15) is 9.90 Å². The Bertz CT molecular complexity index is 869. The second-order valence-corrected chi connectivity index (χ2v) is 6.15. The molecule has 0 radical (unpaired) electrons. The summed E-state index contributed by atoms with van der Waals surface area (Å²) in [6.07, 6.45) is 1.40. The molecule has 0 spiro atoms. The van der Waals surface area contributed by atoms with Gasteiger partial charge in [0.25, 0.3) is 5.91 Å². The highest BCUT2D eigenvalue weighted by atomic mass is 32.1. The number of methoxy groups -OCH3 is 1. The van der Waals surface area contributed by atoms with E-state index in [4.69, 9.17) is 9.15 Å². The third-order valence-corrected chi connectivity index (χ3v) is 4.22. The first-order valence-electron chi connectivity index (χ1n) is 7.21. The van der Waals surface area contributed by atoms with Crippen molar-refractivity contribution in [3.05, 3.63) is 52.0 Å². The van der Waals surface area contributed by atoms with Crippen molar-refractivity contribution in [1.82, 2.24) is 4.98 Å². The molecule has 2 N–H and O–H groups in total. The largest absolute Gasteiger partial charge is 0.496 e. The molecule has 0 aliphatic rings. The molecule has 2 aromatic heterocycles. The van der Waals surface area contributed by atoms with Crippen molar-refractivity contribution in [2.45, 2.75) is 13.5 Å². The van der Waals surface area contributed by atoms with E-state index in [0.29, 0.717) is 34.0 Å². The number of hydrogen-bond donors (Lipinski definition) is 2. The van der Waals surface area contributed by atoms with Gasteiger partial charge in [-0.05, 0) is 31.2 Å². The Morgan fingerprint density at radius 1 is 1.42 bits per heavy atom. The molecule has 1 aromatic carbocycles. The summed E-state index contributed by atoms with van der Waals surface area (Å²) in [5, 5.41) is 14.9. The number of hydrogen-bond acceptors (Lipinski definition) is 6. The molecule has 7 heteroatoms. The van der Waals surface area contributed by atoms with Crippen LogP contribution in [0.1, 0.15) is 20.9 Å². The van der Waals surface area contributed by atoms with Crippen LogP contribution < -0.4 is 10.1 Å². The van der Waals surface area contributed by atoms with Gasteiger partial charge in [0.15, 0.2) is 5.76 Å². The molecular weight excluding hydrogens is 328 g/mol. The highest BCUT2D eigenvalue weighted by Crippen LogP contribution is 2.25. The summed E-state index contributed by atoms with van der Waals surface area (Å²) in [5.74, 6) is 0.821. The third kappa shape index (κ3) is 3.32. The molecule has 3 aromatic rings. The van der Waals surface area contributed by atoms with Crippen molar-refractivity contribution in [2.75, 3.05) is 12.4 Å². The molecule has 0 aliphatic carbocycles. The molecule has 0 fully saturated rings. The summed E-state index contributed by atoms with van der Waals surface area (Å²) >= 11 is 1.52. The molecule has 0 unspecified atom stereocenters. The van der Waals surface area contributed by atoms with Crippen LogP contribution in [0.2, 0.25) is 0 Å². The summed E-state index contributed by atoms with van der Waals surface area (Å²) in [6, 6.07) is 6.72. The Morgan fingerprint density at radius 2 is 2.25 bits per heavy atom. The van der Waals surface area contributed by atoms with Gasteiger partial charge in [0.1, 0.15) is 17.7 Å². The molecule has 2 heterocycles. The summed E-state index contributed by atoms with van der Waals surface area (Å²) in [5.41, 5.74) is 2.28. The Kier molecular flexibility index (Phi) is 4.64. The van der Waals surface area contributed by atoms with Crippen LogP contribution >= 0.6 is 11.3 Å². The number of ether oxygens (including phenoxy) is 1. The van der Waals surface area contributed by atoms with Gasteiger partial charge in [0, 0.05) is 16.6 Å². The van der Waals surface area contributed by atoms with Crippen LogP contribution in [0.4, 0.5) is 5.69 Å². The number of aliphatic hydroxyl groups is 1. The van der Waals surface area contributed by atoms with Crippen LogP contribution in [0.3, 0.4) is 0 Å². The molecule has 3 rings (SSSR count). The molecule has 6 nitrogen and oxygen atoms in total. The van der Waals surface area contributed by atoms with Crippen LogP contribution in [-0.2, 0) is 6.61 Å². The minimum Gasteiger partial charge on any atom is -0.496 e. The van der Waals surface area contributed by atoms with Crippen molar-refractivity contribution in [3.8, 4) is 17.2 Å². The van der Waals surface area contributed by atoms with Crippen LogP contribution in [0.5, 0.6) is 5.75 Å². The van der Waals surface area contributed by atoms with Crippen LogP contribution in [-0.4, -0.2) is 23.1 Å². The monoisotopic (exact) mass is 344 g/mol. The fourth-order valence-corrected chi connectivity index (χ4v) is 2.85. The van der Waals surface area contributed by atoms with E-state index >= 15 is 0 Å². The summed E-state index contributed by atoms with van der Waals surface area (Å²) < 4.78 is 10.6. The number of aromatic nitrogens is 1. The zero-order chi connectivity index (χ0) is 17.1. The van der Waals surface area contributed by atoms with Gasteiger partial charge >= 0.3 is 0 Å². The van der Waals surface area contributed by atoms with Gasteiger partial charge in [0.2, 0.25) is 0 Å². The van der Waals surface area contributed by atoms with Gasteiger partial charge in [0.05, 0.1) is 24.3 Å². The lowest BCUT2D eigenvalue weighted by molar-refractivity contribution is 0.102. The minimum atomic E-state index is -0.300. The second kappa shape index (κ2) is 6.86. The average molecular weight is 344 g/mol. The third-order valence-electron chi connectivity index (χ3n) is 3.44. The van der Waals surface area contributed by atoms with Gasteiger partial charge < -0.3 is 19.6 Å². The summed E-state index contributed by atoms with van der Waals surface area (Å²) in [4.78, 5) is 16.7. The second-order valence-electron chi connectivity index (χ2n) is 5.09. The van der Waals surface area contributed by atoms with Crippen molar-refractivity contribution >= 4 is 22.9 Å². The zero-order valence-corrected chi connectivity index (χ0v) is 14.0. The van der Waals surface area contributed by atoms with E-state index in [-0.39, 0.29) is 12.5 Å². The quantitative estimate of drug-likeness (QED) is 0.740. The summed E-state index contributed by atoms with van der Waals surface area (Å²) in [6.45, 7) is 1.74. The molecule has 0 saturated heterocycles. The fourth-order valence-electron chi connectivity index (χ4n) is 2.25. The maximum atomic E-state index is 12.3. The predicted octanol–water partition coefficient (Wildman–Crippen LogP) is 3.46. The SMILES string of the molecule is COc1ccc(NC(=O)c2coc(-c3csc(C)n3)c2)cc1CO. The number of aryl methyl sites for hydroxylation is 1. The van der Waals surface area contributed by atoms with E-state index < -0.39 is 0 Å². The van der Waals surface area contributed by atoms with E-state index in [1.165, 1.54) is 24.7 Å². The van der Waals surface area contributed by atoms with Crippen molar-refractivity contribution in [3.63, 3.8) is 0 Å².